The minimum absolute atomic E-state index is 0.00463. The highest BCUT2D eigenvalue weighted by atomic mass is 19.1. The first-order valence-electron chi connectivity index (χ1n) is 5.53. The zero-order valence-corrected chi connectivity index (χ0v) is 10.4. The van der Waals surface area contributed by atoms with E-state index in [1.165, 1.54) is 25.3 Å². The number of hydrogen-bond acceptors (Lipinski definition) is 4. The lowest BCUT2D eigenvalue weighted by atomic mass is 9.96. The molecule has 0 unspecified atom stereocenters. The fraction of sp³-hybridized carbons (Fsp3) is 0.0714. The van der Waals surface area contributed by atoms with Crippen molar-refractivity contribution in [1.82, 2.24) is 4.98 Å². The van der Waals surface area contributed by atoms with Gasteiger partial charge in [0, 0.05) is 11.1 Å². The van der Waals surface area contributed by atoms with Crippen LogP contribution in [0.3, 0.4) is 0 Å². The van der Waals surface area contributed by atoms with Crippen LogP contribution in [-0.2, 0) is 0 Å². The number of nitriles is 2. The SMILES string of the molecule is COc1[nH]c(=O)c(C#N)c(-c2ccccc2F)c1C#N. The topological polar surface area (TPSA) is 89.7 Å². The Morgan fingerprint density at radius 2 is 1.85 bits per heavy atom. The second kappa shape index (κ2) is 5.25. The highest BCUT2D eigenvalue weighted by Gasteiger charge is 2.21. The summed E-state index contributed by atoms with van der Waals surface area (Å²) in [7, 11) is 1.27. The number of rotatable bonds is 2. The van der Waals surface area contributed by atoms with E-state index in [1.54, 1.807) is 12.1 Å². The molecule has 0 bridgehead atoms. The largest absolute Gasteiger partial charge is 0.481 e. The standard InChI is InChI=1S/C14H8FN3O2/c1-20-14-10(7-17)12(9(6-16)13(19)18-14)8-4-2-3-5-11(8)15/h2-5H,1H3,(H,18,19). The number of methoxy groups -OCH3 is 1. The Kier molecular flexibility index (Phi) is 3.49. The van der Waals surface area contributed by atoms with Crippen LogP contribution in [0.1, 0.15) is 11.1 Å². The summed E-state index contributed by atoms with van der Waals surface area (Å²) in [6.45, 7) is 0. The Labute approximate surface area is 113 Å². The molecule has 1 N–H and O–H groups in total. The number of ether oxygens (including phenoxy) is 1. The molecule has 1 aromatic carbocycles. The molecule has 5 nitrogen and oxygen atoms in total. The van der Waals surface area contributed by atoms with Gasteiger partial charge in [-0.1, -0.05) is 18.2 Å². The summed E-state index contributed by atoms with van der Waals surface area (Å²) in [5.41, 5.74) is -1.21. The number of hydrogen-bond donors (Lipinski definition) is 1. The third kappa shape index (κ3) is 2.00. The maximum Gasteiger partial charge on any atom is 0.269 e. The van der Waals surface area contributed by atoms with Crippen LogP contribution >= 0.6 is 0 Å². The van der Waals surface area contributed by atoms with Gasteiger partial charge >= 0.3 is 0 Å². The summed E-state index contributed by atoms with van der Waals surface area (Å²) < 4.78 is 18.8. The Balaban J connectivity index is 2.98. The molecule has 6 heteroatoms. The molecule has 0 atom stereocenters. The molecular formula is C14H8FN3O2. The van der Waals surface area contributed by atoms with Crippen molar-refractivity contribution in [1.29, 1.82) is 10.5 Å². The van der Waals surface area contributed by atoms with Crippen molar-refractivity contribution in [2.75, 3.05) is 7.11 Å². The van der Waals surface area contributed by atoms with E-state index in [-0.39, 0.29) is 28.1 Å². The molecule has 0 saturated heterocycles. The van der Waals surface area contributed by atoms with Gasteiger partial charge in [-0.3, -0.25) is 9.78 Å². The van der Waals surface area contributed by atoms with E-state index in [0.29, 0.717) is 0 Å². The zero-order valence-electron chi connectivity index (χ0n) is 10.4. The number of pyridine rings is 1. The molecule has 0 radical (unpaired) electrons. The first-order valence-corrected chi connectivity index (χ1v) is 5.53. The number of aromatic amines is 1. The average Bonchev–Trinajstić information content (AvgIpc) is 2.46. The van der Waals surface area contributed by atoms with Crippen LogP contribution < -0.4 is 10.3 Å². The number of nitrogens with zero attached hydrogens (tertiary/aromatic N) is 2. The Hall–Kier alpha value is -3.12. The average molecular weight is 269 g/mol. The maximum absolute atomic E-state index is 13.9. The summed E-state index contributed by atoms with van der Waals surface area (Å²) in [6, 6.07) is 9.13. The highest BCUT2D eigenvalue weighted by Crippen LogP contribution is 2.31. The molecule has 0 aliphatic rings. The quantitative estimate of drug-likeness (QED) is 0.902. The van der Waals surface area contributed by atoms with Gasteiger partial charge in [-0.2, -0.15) is 10.5 Å². The van der Waals surface area contributed by atoms with Crippen molar-refractivity contribution in [3.8, 4) is 29.1 Å². The van der Waals surface area contributed by atoms with E-state index < -0.39 is 11.4 Å². The van der Waals surface area contributed by atoms with Crippen molar-refractivity contribution < 1.29 is 9.13 Å². The molecule has 98 valence electrons. The van der Waals surface area contributed by atoms with E-state index in [2.05, 4.69) is 4.98 Å². The normalized spacial score (nSPS) is 9.60. The van der Waals surface area contributed by atoms with Crippen LogP contribution in [0.4, 0.5) is 4.39 Å². The number of aromatic nitrogens is 1. The number of H-pyrrole nitrogens is 1. The molecule has 2 rings (SSSR count). The molecule has 0 fully saturated rings. The van der Waals surface area contributed by atoms with Gasteiger partial charge in [0.15, 0.2) is 0 Å². The van der Waals surface area contributed by atoms with Gasteiger partial charge in [0.1, 0.15) is 29.1 Å². The smallest absolute Gasteiger partial charge is 0.269 e. The van der Waals surface area contributed by atoms with E-state index >= 15 is 0 Å². The molecular weight excluding hydrogens is 261 g/mol. The van der Waals surface area contributed by atoms with Crippen LogP contribution in [-0.4, -0.2) is 12.1 Å². The Bertz CT molecular complexity index is 813. The lowest BCUT2D eigenvalue weighted by Gasteiger charge is -2.10. The van der Waals surface area contributed by atoms with Crippen molar-refractivity contribution in [3.63, 3.8) is 0 Å². The van der Waals surface area contributed by atoms with Crippen molar-refractivity contribution in [3.05, 3.63) is 51.6 Å². The summed E-state index contributed by atoms with van der Waals surface area (Å²) in [6.07, 6.45) is 0. The fourth-order valence-electron chi connectivity index (χ4n) is 1.88. The second-order valence-corrected chi connectivity index (χ2v) is 3.82. The maximum atomic E-state index is 13.9. The predicted octanol–water partition coefficient (Wildman–Crippen LogP) is 1.93. The van der Waals surface area contributed by atoms with Crippen molar-refractivity contribution in [2.24, 2.45) is 0 Å². The van der Waals surface area contributed by atoms with Gasteiger partial charge in [0.05, 0.1) is 7.11 Å². The molecule has 0 aliphatic heterocycles. The van der Waals surface area contributed by atoms with Gasteiger partial charge < -0.3 is 4.74 Å². The number of benzene rings is 1. The first-order chi connectivity index (χ1) is 9.63. The molecule has 0 amide bonds. The van der Waals surface area contributed by atoms with Gasteiger partial charge in [-0.25, -0.2) is 4.39 Å². The fourth-order valence-corrected chi connectivity index (χ4v) is 1.88. The highest BCUT2D eigenvalue weighted by molar-refractivity contribution is 5.78. The molecule has 2 aromatic rings. The van der Waals surface area contributed by atoms with Crippen LogP contribution in [0.5, 0.6) is 5.88 Å². The van der Waals surface area contributed by atoms with Crippen LogP contribution in [0.2, 0.25) is 0 Å². The first kappa shape index (κ1) is 13.3. The van der Waals surface area contributed by atoms with E-state index in [9.17, 15) is 14.4 Å². The summed E-state index contributed by atoms with van der Waals surface area (Å²) in [5.74, 6) is -0.733. The van der Waals surface area contributed by atoms with Crippen LogP contribution in [0.15, 0.2) is 29.1 Å². The monoisotopic (exact) mass is 269 g/mol. The van der Waals surface area contributed by atoms with Crippen LogP contribution in [0, 0.1) is 28.5 Å². The summed E-state index contributed by atoms with van der Waals surface area (Å²) in [5, 5.41) is 18.3. The second-order valence-electron chi connectivity index (χ2n) is 3.82. The summed E-state index contributed by atoms with van der Waals surface area (Å²) in [4.78, 5) is 14.1. The van der Waals surface area contributed by atoms with Gasteiger partial charge in [0.25, 0.3) is 5.56 Å². The zero-order chi connectivity index (χ0) is 14.7. The molecule has 20 heavy (non-hydrogen) atoms. The number of halogens is 1. The molecule has 0 aliphatic carbocycles. The van der Waals surface area contributed by atoms with Crippen molar-refractivity contribution >= 4 is 0 Å². The van der Waals surface area contributed by atoms with Crippen LogP contribution in [0.25, 0.3) is 11.1 Å². The molecule has 1 heterocycles. The van der Waals surface area contributed by atoms with E-state index in [0.717, 1.165) is 0 Å². The molecule has 0 spiro atoms. The lowest BCUT2D eigenvalue weighted by molar-refractivity contribution is 0.395. The third-order valence-electron chi connectivity index (χ3n) is 2.75. The van der Waals surface area contributed by atoms with Gasteiger partial charge in [0.2, 0.25) is 5.88 Å². The minimum atomic E-state index is -0.735. The third-order valence-corrected chi connectivity index (χ3v) is 2.75. The summed E-state index contributed by atoms with van der Waals surface area (Å²) >= 11 is 0. The Morgan fingerprint density at radius 3 is 2.40 bits per heavy atom. The number of nitrogens with one attached hydrogen (secondary N) is 1. The lowest BCUT2D eigenvalue weighted by Crippen LogP contribution is -2.15. The minimum Gasteiger partial charge on any atom is -0.481 e. The van der Waals surface area contributed by atoms with Gasteiger partial charge in [-0.15, -0.1) is 0 Å². The predicted molar refractivity (Wildman–Crippen MR) is 68.4 cm³/mol. The Morgan fingerprint density at radius 1 is 1.20 bits per heavy atom. The van der Waals surface area contributed by atoms with Gasteiger partial charge in [-0.05, 0) is 6.07 Å². The van der Waals surface area contributed by atoms with Crippen molar-refractivity contribution in [2.45, 2.75) is 0 Å². The van der Waals surface area contributed by atoms with E-state index in [4.69, 9.17) is 10.00 Å². The molecule has 1 aromatic heterocycles. The van der Waals surface area contributed by atoms with E-state index in [1.807, 2.05) is 6.07 Å². The molecule has 0 saturated carbocycles.